The molecule has 7 heteroatoms. The van der Waals surface area contributed by atoms with E-state index in [9.17, 15) is 13.2 Å². The Balaban J connectivity index is 2.35. The van der Waals surface area contributed by atoms with Crippen molar-refractivity contribution in [3.05, 3.63) is 29.8 Å². The van der Waals surface area contributed by atoms with Gasteiger partial charge < -0.3 is 11.5 Å². The third-order valence-corrected chi connectivity index (χ3v) is 3.87. The Morgan fingerprint density at radius 1 is 1.16 bits per heavy atom. The van der Waals surface area contributed by atoms with Crippen LogP contribution in [-0.2, 0) is 20.6 Å². The average Bonchev–Trinajstić information content (AvgIpc) is 2.31. The van der Waals surface area contributed by atoms with Gasteiger partial charge in [0.25, 0.3) is 0 Å². The summed E-state index contributed by atoms with van der Waals surface area (Å²) in [6.45, 7) is 0.310. The van der Waals surface area contributed by atoms with Gasteiger partial charge >= 0.3 is 0 Å². The zero-order valence-corrected chi connectivity index (χ0v) is 11.4. The zero-order valence-electron chi connectivity index (χ0n) is 10.6. The van der Waals surface area contributed by atoms with Gasteiger partial charge in [-0.3, -0.25) is 4.79 Å². The lowest BCUT2D eigenvalue weighted by Crippen LogP contribution is -2.26. The van der Waals surface area contributed by atoms with E-state index in [1.165, 1.54) is 0 Å². The molecule has 0 fully saturated rings. The molecule has 6 nitrogen and oxygen atoms in total. The molecule has 0 atom stereocenters. The van der Waals surface area contributed by atoms with E-state index in [-0.39, 0.29) is 18.1 Å². The minimum absolute atomic E-state index is 0.0803. The average molecular weight is 285 g/mol. The second kappa shape index (κ2) is 7.10. The maximum atomic E-state index is 11.7. The van der Waals surface area contributed by atoms with Gasteiger partial charge in [-0.2, -0.15) is 0 Å². The summed E-state index contributed by atoms with van der Waals surface area (Å²) in [5.74, 6) is -0.451. The second-order valence-electron chi connectivity index (χ2n) is 4.32. The Bertz CT molecular complexity index is 512. The van der Waals surface area contributed by atoms with E-state index in [2.05, 4.69) is 4.72 Å². The van der Waals surface area contributed by atoms with Crippen molar-refractivity contribution in [3.63, 3.8) is 0 Å². The number of rotatable bonds is 8. The van der Waals surface area contributed by atoms with Crippen molar-refractivity contribution in [2.45, 2.75) is 25.0 Å². The number of nitrogens with one attached hydrogen (secondary N) is 1. The van der Waals surface area contributed by atoms with Crippen LogP contribution in [0.3, 0.4) is 0 Å². The molecule has 0 aromatic heterocycles. The summed E-state index contributed by atoms with van der Waals surface area (Å²) in [5, 5.41) is 0. The highest BCUT2D eigenvalue weighted by atomic mass is 32.2. The van der Waals surface area contributed by atoms with Gasteiger partial charge in [-0.1, -0.05) is 12.1 Å². The highest BCUT2D eigenvalue weighted by Gasteiger charge is 2.10. The summed E-state index contributed by atoms with van der Waals surface area (Å²) in [7, 11) is -3.36. The molecule has 1 aromatic rings. The molecule has 0 heterocycles. The number of nitrogen functional groups attached to an aromatic ring is 1. The fraction of sp³-hybridized carbons (Fsp3) is 0.417. The predicted octanol–water partition coefficient (Wildman–Crippen LogP) is 0.344. The molecule has 19 heavy (non-hydrogen) atoms. The van der Waals surface area contributed by atoms with Gasteiger partial charge in [0, 0.05) is 18.7 Å². The van der Waals surface area contributed by atoms with Gasteiger partial charge in [0.05, 0.1) is 5.75 Å². The quantitative estimate of drug-likeness (QED) is 0.472. The highest BCUT2D eigenvalue weighted by Crippen LogP contribution is 2.08. The van der Waals surface area contributed by atoms with Gasteiger partial charge in [-0.25, -0.2) is 13.1 Å². The predicted molar refractivity (Wildman–Crippen MR) is 74.5 cm³/mol. The third kappa shape index (κ3) is 6.78. The Hall–Kier alpha value is -1.60. The van der Waals surface area contributed by atoms with E-state index in [1.807, 2.05) is 0 Å². The lowest BCUT2D eigenvalue weighted by atomic mass is 10.2. The number of carbonyl (C=O) groups is 1. The number of primary amides is 1. The van der Waals surface area contributed by atoms with E-state index in [4.69, 9.17) is 11.5 Å². The van der Waals surface area contributed by atoms with Gasteiger partial charge in [-0.15, -0.1) is 0 Å². The molecule has 0 aliphatic rings. The first-order valence-corrected chi connectivity index (χ1v) is 7.64. The first-order valence-electron chi connectivity index (χ1n) is 5.99. The number of hydrogen-bond donors (Lipinski definition) is 3. The largest absolute Gasteiger partial charge is 0.399 e. The fourth-order valence-corrected chi connectivity index (χ4v) is 2.72. The number of anilines is 1. The summed E-state index contributed by atoms with van der Waals surface area (Å²) in [6.07, 6.45) is 1.45. The molecule has 0 spiro atoms. The van der Waals surface area contributed by atoms with Crippen LogP contribution in [0, 0.1) is 0 Å². The lowest BCUT2D eigenvalue weighted by Gasteiger charge is -2.06. The summed E-state index contributed by atoms with van der Waals surface area (Å²) in [6, 6.07) is 6.69. The van der Waals surface area contributed by atoms with Crippen molar-refractivity contribution in [2.24, 2.45) is 5.73 Å². The molecule has 0 saturated carbocycles. The molecule has 5 N–H and O–H groups in total. The Labute approximate surface area is 113 Å². The highest BCUT2D eigenvalue weighted by molar-refractivity contribution is 7.88. The van der Waals surface area contributed by atoms with Crippen molar-refractivity contribution in [1.82, 2.24) is 4.72 Å². The summed E-state index contributed by atoms with van der Waals surface area (Å²) >= 11 is 0. The fourth-order valence-electron chi connectivity index (χ4n) is 1.54. The number of carbonyl (C=O) groups excluding carboxylic acids is 1. The number of sulfonamides is 1. The molecule has 1 rings (SSSR count). The minimum Gasteiger partial charge on any atom is -0.399 e. The van der Waals surface area contributed by atoms with Crippen LogP contribution in [0.1, 0.15) is 24.8 Å². The third-order valence-electron chi connectivity index (χ3n) is 2.51. The van der Waals surface area contributed by atoms with E-state index in [0.717, 1.165) is 0 Å². The van der Waals surface area contributed by atoms with Gasteiger partial charge in [0.2, 0.25) is 15.9 Å². The molecule has 1 aromatic carbocycles. The normalized spacial score (nSPS) is 11.4. The monoisotopic (exact) mass is 285 g/mol. The summed E-state index contributed by atoms with van der Waals surface area (Å²) < 4.78 is 26.0. The van der Waals surface area contributed by atoms with Crippen LogP contribution in [0.25, 0.3) is 0 Å². The molecule has 0 unspecified atom stereocenters. The Morgan fingerprint density at radius 2 is 1.79 bits per heavy atom. The van der Waals surface area contributed by atoms with Crippen LogP contribution in [0.2, 0.25) is 0 Å². The molecule has 106 valence electrons. The van der Waals surface area contributed by atoms with Gasteiger partial charge in [0.15, 0.2) is 0 Å². The minimum atomic E-state index is -3.36. The number of unbranched alkanes of at least 4 members (excludes halogenated alkanes) is 1. The molecule has 0 aliphatic carbocycles. The molecular weight excluding hydrogens is 266 g/mol. The van der Waals surface area contributed by atoms with Crippen molar-refractivity contribution in [3.8, 4) is 0 Å². The van der Waals surface area contributed by atoms with Crippen LogP contribution >= 0.6 is 0 Å². The van der Waals surface area contributed by atoms with Gasteiger partial charge in [-0.05, 0) is 30.5 Å². The summed E-state index contributed by atoms with van der Waals surface area (Å²) in [5.41, 5.74) is 11.8. The molecule has 1 amide bonds. The topological polar surface area (TPSA) is 115 Å². The van der Waals surface area contributed by atoms with E-state index >= 15 is 0 Å². The van der Waals surface area contributed by atoms with Crippen molar-refractivity contribution in [1.29, 1.82) is 0 Å². The number of nitrogens with two attached hydrogens (primary N) is 2. The van der Waals surface area contributed by atoms with Crippen molar-refractivity contribution in [2.75, 3.05) is 12.3 Å². The van der Waals surface area contributed by atoms with Crippen molar-refractivity contribution >= 4 is 21.6 Å². The van der Waals surface area contributed by atoms with Crippen LogP contribution < -0.4 is 16.2 Å². The van der Waals surface area contributed by atoms with Crippen molar-refractivity contribution < 1.29 is 13.2 Å². The van der Waals surface area contributed by atoms with Crippen LogP contribution in [-0.4, -0.2) is 20.9 Å². The number of hydrogen-bond acceptors (Lipinski definition) is 4. The van der Waals surface area contributed by atoms with Crippen LogP contribution in [0.5, 0.6) is 0 Å². The van der Waals surface area contributed by atoms with E-state index < -0.39 is 10.0 Å². The first kappa shape index (κ1) is 15.5. The maximum absolute atomic E-state index is 11.7. The number of benzene rings is 1. The molecule has 0 aliphatic heterocycles. The van der Waals surface area contributed by atoms with Gasteiger partial charge in [0.1, 0.15) is 0 Å². The van der Waals surface area contributed by atoms with E-state index in [0.29, 0.717) is 30.6 Å². The Kier molecular flexibility index (Phi) is 5.78. The smallest absolute Gasteiger partial charge is 0.217 e. The Morgan fingerprint density at radius 3 is 2.37 bits per heavy atom. The standard InChI is InChI=1S/C12H19N3O3S/c13-11-6-4-10(5-7-11)9-19(17,18)15-8-2-1-3-12(14)16/h4-7,15H,1-3,8-9,13H2,(H2,14,16). The maximum Gasteiger partial charge on any atom is 0.217 e. The molecule has 0 radical (unpaired) electrons. The summed E-state index contributed by atoms with van der Waals surface area (Å²) in [4.78, 5) is 10.5. The van der Waals surface area contributed by atoms with Crippen LogP contribution in [0.15, 0.2) is 24.3 Å². The van der Waals surface area contributed by atoms with Crippen LogP contribution in [0.4, 0.5) is 5.69 Å². The zero-order chi connectivity index (χ0) is 14.3. The van der Waals surface area contributed by atoms with E-state index in [1.54, 1.807) is 24.3 Å². The first-order chi connectivity index (χ1) is 8.89. The number of amides is 1. The SMILES string of the molecule is NC(=O)CCCCNS(=O)(=O)Cc1ccc(N)cc1. The second-order valence-corrected chi connectivity index (χ2v) is 6.13. The molecule has 0 bridgehead atoms. The lowest BCUT2D eigenvalue weighted by molar-refractivity contribution is -0.118. The molecule has 0 saturated heterocycles. The molecular formula is C12H19N3O3S.